The van der Waals surface area contributed by atoms with Gasteiger partial charge in [-0.15, -0.1) is 0 Å². The molecule has 14 heavy (non-hydrogen) atoms. The number of rotatable bonds is 10. The van der Waals surface area contributed by atoms with E-state index in [0.29, 0.717) is 13.2 Å². The van der Waals surface area contributed by atoms with Gasteiger partial charge in [0.15, 0.2) is 0 Å². The first-order valence-corrected chi connectivity index (χ1v) is 5.79. The van der Waals surface area contributed by atoms with Gasteiger partial charge in [-0.25, -0.2) is 0 Å². The summed E-state index contributed by atoms with van der Waals surface area (Å²) in [4.78, 5) is 2.37. The third kappa shape index (κ3) is 8.48. The van der Waals surface area contributed by atoms with E-state index in [1.165, 1.54) is 12.8 Å². The number of hydrogen-bond acceptors (Lipinski definition) is 3. The second-order valence-corrected chi connectivity index (χ2v) is 3.65. The third-order valence-corrected chi connectivity index (χ3v) is 2.46. The van der Waals surface area contributed by atoms with Gasteiger partial charge in [0.25, 0.3) is 0 Å². The van der Waals surface area contributed by atoms with E-state index in [9.17, 15) is 0 Å². The first kappa shape index (κ1) is 13.9. The minimum Gasteiger partial charge on any atom is -0.396 e. The molecule has 0 saturated heterocycles. The molecule has 0 aliphatic carbocycles. The monoisotopic (exact) mass is 203 g/mol. The molecule has 0 amide bonds. The van der Waals surface area contributed by atoms with Gasteiger partial charge in [0.1, 0.15) is 0 Å². The molecule has 0 fully saturated rings. The topological polar surface area (TPSA) is 43.7 Å². The van der Waals surface area contributed by atoms with Crippen LogP contribution in [-0.4, -0.2) is 48.0 Å². The maximum absolute atomic E-state index is 8.70. The van der Waals surface area contributed by atoms with Crippen LogP contribution in [0.1, 0.15) is 39.0 Å². The second-order valence-electron chi connectivity index (χ2n) is 3.65. The van der Waals surface area contributed by atoms with Crippen LogP contribution < -0.4 is 0 Å². The van der Waals surface area contributed by atoms with Gasteiger partial charge in [0.2, 0.25) is 0 Å². The lowest BCUT2D eigenvalue weighted by molar-refractivity contribution is 0.226. The van der Waals surface area contributed by atoms with Crippen molar-refractivity contribution in [1.29, 1.82) is 0 Å². The lowest BCUT2D eigenvalue weighted by Gasteiger charge is -2.19. The van der Waals surface area contributed by atoms with Gasteiger partial charge in [0, 0.05) is 19.8 Å². The predicted molar refractivity (Wildman–Crippen MR) is 59.4 cm³/mol. The van der Waals surface area contributed by atoms with Crippen LogP contribution in [0.15, 0.2) is 0 Å². The summed E-state index contributed by atoms with van der Waals surface area (Å²) in [7, 11) is 0. The van der Waals surface area contributed by atoms with Crippen LogP contribution >= 0.6 is 0 Å². The molecule has 0 spiro atoms. The average Bonchev–Trinajstić information content (AvgIpc) is 2.22. The maximum Gasteiger partial charge on any atom is 0.0443 e. The molecule has 86 valence electrons. The Balaban J connectivity index is 3.24. The van der Waals surface area contributed by atoms with Crippen molar-refractivity contribution < 1.29 is 10.2 Å². The van der Waals surface area contributed by atoms with Crippen LogP contribution in [0, 0.1) is 0 Å². The van der Waals surface area contributed by atoms with Gasteiger partial charge in [-0.1, -0.05) is 19.8 Å². The third-order valence-electron chi connectivity index (χ3n) is 2.46. The Hall–Kier alpha value is -0.120. The van der Waals surface area contributed by atoms with E-state index in [1.807, 2.05) is 0 Å². The summed E-state index contributed by atoms with van der Waals surface area (Å²) in [6.07, 6.45) is 5.36. The normalized spacial score (nSPS) is 11.1. The number of aliphatic hydroxyl groups excluding tert-OH is 2. The molecule has 0 unspecified atom stereocenters. The van der Waals surface area contributed by atoms with Gasteiger partial charge >= 0.3 is 0 Å². The molecule has 3 nitrogen and oxygen atoms in total. The molecule has 3 heteroatoms. The van der Waals surface area contributed by atoms with Gasteiger partial charge in [-0.2, -0.15) is 0 Å². The molecule has 0 atom stereocenters. The van der Waals surface area contributed by atoms with Gasteiger partial charge in [0.05, 0.1) is 0 Å². The zero-order valence-electron chi connectivity index (χ0n) is 9.41. The van der Waals surface area contributed by atoms with Crippen molar-refractivity contribution in [2.75, 3.05) is 32.8 Å². The maximum atomic E-state index is 8.70. The number of nitrogens with zero attached hydrogens (tertiary/aromatic N) is 1. The van der Waals surface area contributed by atoms with Gasteiger partial charge < -0.3 is 15.1 Å². The Bertz CT molecular complexity index is 109. The molecule has 0 aliphatic heterocycles. The van der Waals surface area contributed by atoms with Crippen LogP contribution in [-0.2, 0) is 0 Å². The van der Waals surface area contributed by atoms with Gasteiger partial charge in [-0.05, 0) is 32.4 Å². The summed E-state index contributed by atoms with van der Waals surface area (Å²) in [6, 6.07) is 0. The molecule has 0 aliphatic rings. The van der Waals surface area contributed by atoms with Crippen LogP contribution in [0.3, 0.4) is 0 Å². The predicted octanol–water partition coefficient (Wildman–Crippen LogP) is 1.24. The van der Waals surface area contributed by atoms with E-state index < -0.39 is 0 Å². The first-order valence-electron chi connectivity index (χ1n) is 5.79. The minimum atomic E-state index is 0.293. The standard InChI is InChI=1S/C11H25NO2/c1-2-12(9-7-11-14)8-5-3-4-6-10-13/h13-14H,2-11H2,1H3. The van der Waals surface area contributed by atoms with Crippen LogP contribution in [0.4, 0.5) is 0 Å². The van der Waals surface area contributed by atoms with E-state index in [4.69, 9.17) is 10.2 Å². The summed E-state index contributed by atoms with van der Waals surface area (Å²) >= 11 is 0. The number of aliphatic hydroxyl groups is 2. The minimum absolute atomic E-state index is 0.293. The zero-order chi connectivity index (χ0) is 10.6. The van der Waals surface area contributed by atoms with Crippen molar-refractivity contribution in [1.82, 2.24) is 4.90 Å². The molecule has 0 aromatic rings. The Kier molecular flexibility index (Phi) is 10.9. The molecule has 0 heterocycles. The first-order chi connectivity index (χ1) is 6.85. The molecule has 0 saturated carbocycles. The SMILES string of the molecule is CCN(CCCO)CCCCCCO. The highest BCUT2D eigenvalue weighted by atomic mass is 16.3. The van der Waals surface area contributed by atoms with E-state index in [-0.39, 0.29) is 0 Å². The van der Waals surface area contributed by atoms with Crippen molar-refractivity contribution in [2.24, 2.45) is 0 Å². The lowest BCUT2D eigenvalue weighted by Crippen LogP contribution is -2.26. The lowest BCUT2D eigenvalue weighted by atomic mass is 10.2. The Morgan fingerprint density at radius 3 is 1.93 bits per heavy atom. The summed E-state index contributed by atoms with van der Waals surface area (Å²) in [5.74, 6) is 0. The fourth-order valence-corrected chi connectivity index (χ4v) is 1.52. The molecule has 0 radical (unpaired) electrons. The fraction of sp³-hybridized carbons (Fsp3) is 1.00. The van der Waals surface area contributed by atoms with Crippen molar-refractivity contribution in [3.63, 3.8) is 0 Å². The Morgan fingerprint density at radius 2 is 1.36 bits per heavy atom. The highest BCUT2D eigenvalue weighted by Gasteiger charge is 2.00. The van der Waals surface area contributed by atoms with Crippen molar-refractivity contribution in [3.8, 4) is 0 Å². The van der Waals surface area contributed by atoms with Crippen molar-refractivity contribution in [2.45, 2.75) is 39.0 Å². The summed E-state index contributed by atoms with van der Waals surface area (Å²) in [6.45, 7) is 5.98. The molecule has 0 bridgehead atoms. The molecule has 0 rings (SSSR count). The second kappa shape index (κ2) is 11.0. The van der Waals surface area contributed by atoms with Crippen molar-refractivity contribution in [3.05, 3.63) is 0 Å². The van der Waals surface area contributed by atoms with Crippen LogP contribution in [0.5, 0.6) is 0 Å². The van der Waals surface area contributed by atoms with E-state index in [2.05, 4.69) is 11.8 Å². The fourth-order valence-electron chi connectivity index (χ4n) is 1.52. The van der Waals surface area contributed by atoms with Crippen LogP contribution in [0.2, 0.25) is 0 Å². The van der Waals surface area contributed by atoms with Gasteiger partial charge in [-0.3, -0.25) is 0 Å². The Morgan fingerprint density at radius 1 is 0.786 bits per heavy atom. The van der Waals surface area contributed by atoms with E-state index in [0.717, 1.165) is 38.9 Å². The summed E-state index contributed by atoms with van der Waals surface area (Å²) < 4.78 is 0. The summed E-state index contributed by atoms with van der Waals surface area (Å²) in [5, 5.41) is 17.3. The molecular formula is C11H25NO2. The number of unbranched alkanes of at least 4 members (excludes halogenated alkanes) is 3. The van der Waals surface area contributed by atoms with Crippen molar-refractivity contribution >= 4 is 0 Å². The average molecular weight is 203 g/mol. The molecule has 2 N–H and O–H groups in total. The smallest absolute Gasteiger partial charge is 0.0443 e. The summed E-state index contributed by atoms with van der Waals surface area (Å²) in [5.41, 5.74) is 0. The van der Waals surface area contributed by atoms with Crippen LogP contribution in [0.25, 0.3) is 0 Å². The quantitative estimate of drug-likeness (QED) is 0.525. The highest BCUT2D eigenvalue weighted by Crippen LogP contribution is 2.01. The zero-order valence-corrected chi connectivity index (χ0v) is 9.41. The van der Waals surface area contributed by atoms with E-state index >= 15 is 0 Å². The molecule has 0 aromatic heterocycles. The van der Waals surface area contributed by atoms with E-state index in [1.54, 1.807) is 0 Å². The largest absolute Gasteiger partial charge is 0.396 e. The number of hydrogen-bond donors (Lipinski definition) is 2. The Labute approximate surface area is 87.7 Å². The highest BCUT2D eigenvalue weighted by molar-refractivity contribution is 4.55. The molecular weight excluding hydrogens is 178 g/mol. The molecule has 0 aromatic carbocycles.